The molecule has 1 aromatic carbocycles. The molecule has 1 aromatic rings. The van der Waals surface area contributed by atoms with Gasteiger partial charge in [0.15, 0.2) is 0 Å². The van der Waals surface area contributed by atoms with Crippen LogP contribution in [-0.2, 0) is 0 Å². The number of thiocarbonyl (C=S) groups is 1. The first-order valence-corrected chi connectivity index (χ1v) is 6.89. The first-order valence-electron chi connectivity index (χ1n) is 4.95. The molecule has 16 heavy (non-hydrogen) atoms. The average molecular weight is 276 g/mol. The van der Waals surface area contributed by atoms with E-state index in [1.807, 2.05) is 17.8 Å². The molecule has 0 aromatic heterocycles. The summed E-state index contributed by atoms with van der Waals surface area (Å²) in [5, 5.41) is 0.548. The van der Waals surface area contributed by atoms with Crippen molar-refractivity contribution in [1.82, 2.24) is 0 Å². The van der Waals surface area contributed by atoms with Gasteiger partial charge in [-0.2, -0.15) is 11.8 Å². The van der Waals surface area contributed by atoms with E-state index in [-0.39, 0.29) is 0 Å². The number of halogens is 1. The number of hydrogen-bond acceptors (Lipinski definition) is 3. The molecular weight excluding hydrogens is 262 g/mol. The van der Waals surface area contributed by atoms with Crippen LogP contribution in [0.3, 0.4) is 0 Å². The van der Waals surface area contributed by atoms with Crippen LogP contribution < -0.4 is 10.5 Å². The Morgan fingerprint density at radius 3 is 2.88 bits per heavy atom. The number of nitrogens with two attached hydrogens (primary N) is 1. The monoisotopic (exact) mass is 275 g/mol. The van der Waals surface area contributed by atoms with E-state index in [9.17, 15) is 0 Å². The van der Waals surface area contributed by atoms with Gasteiger partial charge < -0.3 is 10.5 Å². The highest BCUT2D eigenvalue weighted by Gasteiger charge is 2.04. The van der Waals surface area contributed by atoms with Crippen LogP contribution in [0.15, 0.2) is 18.2 Å². The third kappa shape index (κ3) is 4.20. The van der Waals surface area contributed by atoms with E-state index in [4.69, 9.17) is 34.3 Å². The summed E-state index contributed by atoms with van der Waals surface area (Å²) in [4.78, 5) is 0.343. The quantitative estimate of drug-likeness (QED) is 0.639. The van der Waals surface area contributed by atoms with E-state index < -0.39 is 0 Å². The number of ether oxygens (including phenoxy) is 1. The summed E-state index contributed by atoms with van der Waals surface area (Å²) in [5.41, 5.74) is 6.26. The molecule has 0 amide bonds. The summed E-state index contributed by atoms with van der Waals surface area (Å²) in [6.45, 7) is 2.78. The Kier molecular flexibility index (Phi) is 5.95. The minimum absolute atomic E-state index is 0.343. The van der Waals surface area contributed by atoms with E-state index in [0.29, 0.717) is 22.4 Å². The zero-order chi connectivity index (χ0) is 12.0. The molecule has 0 aliphatic carbocycles. The Hall–Kier alpha value is -0.450. The van der Waals surface area contributed by atoms with Gasteiger partial charge in [0.1, 0.15) is 10.7 Å². The van der Waals surface area contributed by atoms with Crippen LogP contribution in [0.5, 0.6) is 5.75 Å². The maximum Gasteiger partial charge on any atom is 0.137 e. The van der Waals surface area contributed by atoms with E-state index >= 15 is 0 Å². The highest BCUT2D eigenvalue weighted by atomic mass is 35.5. The Morgan fingerprint density at radius 1 is 1.56 bits per heavy atom. The van der Waals surface area contributed by atoms with Gasteiger partial charge in [-0.25, -0.2) is 0 Å². The van der Waals surface area contributed by atoms with Crippen molar-refractivity contribution < 1.29 is 4.74 Å². The van der Waals surface area contributed by atoms with Crippen molar-refractivity contribution in [3.63, 3.8) is 0 Å². The lowest BCUT2D eigenvalue weighted by molar-refractivity contribution is 0.344. The molecule has 2 nitrogen and oxygen atoms in total. The first-order chi connectivity index (χ1) is 7.65. The fourth-order valence-electron chi connectivity index (χ4n) is 1.13. The van der Waals surface area contributed by atoms with Crippen molar-refractivity contribution in [2.75, 3.05) is 18.1 Å². The molecule has 0 heterocycles. The van der Waals surface area contributed by atoms with Gasteiger partial charge in [0.25, 0.3) is 0 Å². The maximum absolute atomic E-state index is 6.04. The van der Waals surface area contributed by atoms with Crippen LogP contribution in [0, 0.1) is 0 Å². The van der Waals surface area contributed by atoms with Crippen LogP contribution in [0.4, 0.5) is 0 Å². The summed E-state index contributed by atoms with van der Waals surface area (Å²) in [6.07, 6.45) is 0. The SMILES string of the molecule is CCSCCOc1ccc(C(N)=S)cc1Cl. The van der Waals surface area contributed by atoms with Crippen LogP contribution in [0.25, 0.3) is 0 Å². The van der Waals surface area contributed by atoms with Crippen molar-refractivity contribution >= 4 is 40.6 Å². The normalized spacial score (nSPS) is 10.1. The van der Waals surface area contributed by atoms with Crippen LogP contribution in [0.2, 0.25) is 5.02 Å². The average Bonchev–Trinajstić information content (AvgIpc) is 2.26. The van der Waals surface area contributed by atoms with Gasteiger partial charge in [-0.05, 0) is 24.0 Å². The summed E-state index contributed by atoms with van der Waals surface area (Å²) in [6, 6.07) is 5.34. The second-order valence-electron chi connectivity index (χ2n) is 3.05. The van der Waals surface area contributed by atoms with Crippen molar-refractivity contribution in [3.05, 3.63) is 28.8 Å². The molecule has 0 saturated heterocycles. The number of rotatable bonds is 6. The molecule has 1 rings (SSSR count). The second kappa shape index (κ2) is 6.99. The second-order valence-corrected chi connectivity index (χ2v) is 5.30. The number of benzene rings is 1. The van der Waals surface area contributed by atoms with Gasteiger partial charge >= 0.3 is 0 Å². The molecule has 2 N–H and O–H groups in total. The smallest absolute Gasteiger partial charge is 0.137 e. The minimum Gasteiger partial charge on any atom is -0.491 e. The standard InChI is InChI=1S/C11H14ClNOS2/c1-2-16-6-5-14-10-4-3-8(11(13)15)7-9(10)12/h3-4,7H,2,5-6H2,1H3,(H2,13,15). The van der Waals surface area contributed by atoms with Gasteiger partial charge in [-0.3, -0.25) is 0 Å². The molecule has 0 aliphatic heterocycles. The van der Waals surface area contributed by atoms with Gasteiger partial charge in [-0.15, -0.1) is 0 Å². The van der Waals surface area contributed by atoms with Crippen LogP contribution in [0.1, 0.15) is 12.5 Å². The zero-order valence-corrected chi connectivity index (χ0v) is 11.4. The number of hydrogen-bond donors (Lipinski definition) is 1. The fraction of sp³-hybridized carbons (Fsp3) is 0.364. The highest BCUT2D eigenvalue weighted by Crippen LogP contribution is 2.25. The van der Waals surface area contributed by atoms with Gasteiger partial charge in [0.05, 0.1) is 11.6 Å². The Bertz CT molecular complexity index is 371. The summed E-state index contributed by atoms with van der Waals surface area (Å²) in [7, 11) is 0. The van der Waals surface area contributed by atoms with Gasteiger partial charge in [-0.1, -0.05) is 30.7 Å². The fourth-order valence-corrected chi connectivity index (χ4v) is 1.98. The van der Waals surface area contributed by atoms with E-state index in [0.717, 1.165) is 17.1 Å². The summed E-state index contributed by atoms with van der Waals surface area (Å²) < 4.78 is 5.54. The molecule has 0 atom stereocenters. The molecule has 0 unspecified atom stereocenters. The van der Waals surface area contributed by atoms with E-state index in [1.165, 1.54) is 0 Å². The van der Waals surface area contributed by atoms with Gasteiger partial charge in [0, 0.05) is 11.3 Å². The minimum atomic E-state index is 0.343. The van der Waals surface area contributed by atoms with Crippen molar-refractivity contribution in [3.8, 4) is 5.75 Å². The molecular formula is C11H14ClNOS2. The highest BCUT2D eigenvalue weighted by molar-refractivity contribution is 7.99. The molecule has 0 bridgehead atoms. The van der Waals surface area contributed by atoms with Crippen molar-refractivity contribution in [1.29, 1.82) is 0 Å². The topological polar surface area (TPSA) is 35.2 Å². The van der Waals surface area contributed by atoms with Crippen LogP contribution >= 0.6 is 35.6 Å². The first kappa shape index (κ1) is 13.6. The predicted molar refractivity (Wildman–Crippen MR) is 75.8 cm³/mol. The van der Waals surface area contributed by atoms with E-state index in [2.05, 4.69) is 6.92 Å². The molecule has 0 radical (unpaired) electrons. The summed E-state index contributed by atoms with van der Waals surface area (Å²) >= 11 is 12.7. The summed E-state index contributed by atoms with van der Waals surface area (Å²) in [5.74, 6) is 2.74. The largest absolute Gasteiger partial charge is 0.491 e. The Labute approximate surface area is 110 Å². The molecule has 0 spiro atoms. The van der Waals surface area contributed by atoms with Gasteiger partial charge in [0.2, 0.25) is 0 Å². The number of thioether (sulfide) groups is 1. The molecule has 0 fully saturated rings. The Balaban J connectivity index is 2.57. The lowest BCUT2D eigenvalue weighted by Crippen LogP contribution is -2.09. The molecule has 5 heteroatoms. The van der Waals surface area contributed by atoms with Crippen molar-refractivity contribution in [2.24, 2.45) is 5.73 Å². The Morgan fingerprint density at radius 2 is 2.31 bits per heavy atom. The lowest BCUT2D eigenvalue weighted by atomic mass is 10.2. The molecule has 0 aliphatic rings. The lowest BCUT2D eigenvalue weighted by Gasteiger charge is -2.08. The zero-order valence-electron chi connectivity index (χ0n) is 9.03. The van der Waals surface area contributed by atoms with Crippen LogP contribution in [-0.4, -0.2) is 23.1 Å². The molecule has 88 valence electrons. The maximum atomic E-state index is 6.04. The molecule has 0 saturated carbocycles. The third-order valence-electron chi connectivity index (χ3n) is 1.91. The van der Waals surface area contributed by atoms with E-state index in [1.54, 1.807) is 12.1 Å². The predicted octanol–water partition coefficient (Wildman–Crippen LogP) is 3.11. The third-order valence-corrected chi connectivity index (χ3v) is 3.30. The van der Waals surface area contributed by atoms with Crippen molar-refractivity contribution in [2.45, 2.75) is 6.92 Å².